The number of nitrogens with zero attached hydrogens (tertiary/aromatic N) is 1. The van der Waals surface area contributed by atoms with Gasteiger partial charge in [0, 0.05) is 10.5 Å². The van der Waals surface area contributed by atoms with Gasteiger partial charge in [0.1, 0.15) is 5.75 Å². The van der Waals surface area contributed by atoms with Gasteiger partial charge in [-0.2, -0.15) is 5.26 Å². The molecule has 0 spiro atoms. The van der Waals surface area contributed by atoms with E-state index in [-0.39, 0.29) is 6.04 Å². The second-order valence-corrected chi connectivity index (χ2v) is 4.17. The van der Waals surface area contributed by atoms with E-state index in [9.17, 15) is 0 Å². The van der Waals surface area contributed by atoms with Gasteiger partial charge >= 0.3 is 0 Å². The quantitative estimate of drug-likeness (QED) is 0.913. The summed E-state index contributed by atoms with van der Waals surface area (Å²) in [5.41, 5.74) is 0.898. The summed E-state index contributed by atoms with van der Waals surface area (Å²) in [5, 5.41) is 11.8. The summed E-state index contributed by atoms with van der Waals surface area (Å²) in [6, 6.07) is 7.97. The van der Waals surface area contributed by atoms with E-state index in [0.29, 0.717) is 6.42 Å². The van der Waals surface area contributed by atoms with Gasteiger partial charge < -0.3 is 10.1 Å². The highest BCUT2D eigenvalue weighted by atomic mass is 79.9. The van der Waals surface area contributed by atoms with Crippen LogP contribution >= 0.6 is 15.9 Å². The first-order valence-corrected chi connectivity index (χ1v) is 5.43. The third-order valence-electron chi connectivity index (χ3n) is 1.96. The highest BCUT2D eigenvalue weighted by Gasteiger charge is 2.06. The van der Waals surface area contributed by atoms with Crippen molar-refractivity contribution in [1.29, 1.82) is 5.26 Å². The van der Waals surface area contributed by atoms with Crippen LogP contribution < -0.4 is 10.1 Å². The topological polar surface area (TPSA) is 45.0 Å². The molecule has 1 aromatic rings. The van der Waals surface area contributed by atoms with E-state index in [0.717, 1.165) is 15.9 Å². The van der Waals surface area contributed by atoms with Gasteiger partial charge in [0.2, 0.25) is 0 Å². The molecule has 1 unspecified atom stereocenters. The second-order valence-electron chi connectivity index (χ2n) is 3.25. The highest BCUT2D eigenvalue weighted by Crippen LogP contribution is 2.28. The Bertz CT molecular complexity index is 373. The van der Waals surface area contributed by atoms with E-state index < -0.39 is 0 Å². The van der Waals surface area contributed by atoms with Gasteiger partial charge in [-0.1, -0.05) is 15.9 Å². The molecule has 1 aromatic carbocycles. The molecule has 4 heteroatoms. The first-order valence-electron chi connectivity index (χ1n) is 4.64. The van der Waals surface area contributed by atoms with Crippen LogP contribution in [-0.4, -0.2) is 13.2 Å². The van der Waals surface area contributed by atoms with Crippen LogP contribution in [0.3, 0.4) is 0 Å². The summed E-state index contributed by atoms with van der Waals surface area (Å²) >= 11 is 3.39. The standard InChI is InChI=1S/C11H13BrN2O/c1-8(5-6-13)14-10-7-9(12)3-4-11(10)15-2/h3-4,7-8,14H,5H2,1-2H3. The van der Waals surface area contributed by atoms with E-state index in [4.69, 9.17) is 10.00 Å². The SMILES string of the molecule is COc1ccc(Br)cc1NC(C)CC#N. The molecule has 0 aliphatic carbocycles. The van der Waals surface area contributed by atoms with Gasteiger partial charge in [0.15, 0.2) is 0 Å². The Morgan fingerprint density at radius 2 is 2.33 bits per heavy atom. The smallest absolute Gasteiger partial charge is 0.142 e. The van der Waals surface area contributed by atoms with Gasteiger partial charge in [0.05, 0.1) is 25.3 Å². The van der Waals surface area contributed by atoms with Crippen molar-refractivity contribution >= 4 is 21.6 Å². The molecule has 0 fully saturated rings. The summed E-state index contributed by atoms with van der Waals surface area (Å²) in [6.45, 7) is 1.96. The zero-order valence-corrected chi connectivity index (χ0v) is 10.3. The number of rotatable bonds is 4. The average molecular weight is 269 g/mol. The monoisotopic (exact) mass is 268 g/mol. The molecule has 80 valence electrons. The number of hydrogen-bond donors (Lipinski definition) is 1. The van der Waals surface area contributed by atoms with Crippen LogP contribution in [0.15, 0.2) is 22.7 Å². The van der Waals surface area contributed by atoms with E-state index in [1.54, 1.807) is 7.11 Å². The molecular weight excluding hydrogens is 256 g/mol. The summed E-state index contributed by atoms with van der Waals surface area (Å²) in [7, 11) is 1.63. The van der Waals surface area contributed by atoms with Crippen molar-refractivity contribution in [3.05, 3.63) is 22.7 Å². The third-order valence-corrected chi connectivity index (χ3v) is 2.45. The van der Waals surface area contributed by atoms with Gasteiger partial charge in [-0.3, -0.25) is 0 Å². The van der Waals surface area contributed by atoms with Gasteiger partial charge in [-0.15, -0.1) is 0 Å². The average Bonchev–Trinajstić information content (AvgIpc) is 2.18. The summed E-state index contributed by atoms with van der Waals surface area (Å²) < 4.78 is 6.19. The molecule has 1 N–H and O–H groups in total. The lowest BCUT2D eigenvalue weighted by molar-refractivity contribution is 0.416. The molecule has 0 radical (unpaired) electrons. The molecule has 0 amide bonds. The lowest BCUT2D eigenvalue weighted by atomic mass is 10.2. The highest BCUT2D eigenvalue weighted by molar-refractivity contribution is 9.10. The zero-order valence-electron chi connectivity index (χ0n) is 8.75. The van der Waals surface area contributed by atoms with Crippen molar-refractivity contribution in [1.82, 2.24) is 0 Å². The Balaban J connectivity index is 2.83. The number of ether oxygens (including phenoxy) is 1. The maximum Gasteiger partial charge on any atom is 0.142 e. The van der Waals surface area contributed by atoms with Crippen LogP contribution in [0.25, 0.3) is 0 Å². The van der Waals surface area contributed by atoms with Crippen molar-refractivity contribution in [3.8, 4) is 11.8 Å². The van der Waals surface area contributed by atoms with Crippen LogP contribution in [0.4, 0.5) is 5.69 Å². The molecule has 0 aliphatic rings. The minimum Gasteiger partial charge on any atom is -0.495 e. The van der Waals surface area contributed by atoms with E-state index >= 15 is 0 Å². The Morgan fingerprint density at radius 3 is 2.93 bits per heavy atom. The summed E-state index contributed by atoms with van der Waals surface area (Å²) in [5.74, 6) is 0.781. The number of nitriles is 1. The fourth-order valence-corrected chi connectivity index (χ4v) is 1.61. The fourth-order valence-electron chi connectivity index (χ4n) is 1.25. The number of methoxy groups -OCH3 is 1. The number of nitrogens with one attached hydrogen (secondary N) is 1. The first kappa shape index (κ1) is 11.9. The first-order chi connectivity index (χ1) is 7.17. The molecule has 0 aliphatic heterocycles. The van der Waals surface area contributed by atoms with Gasteiger partial charge in [0.25, 0.3) is 0 Å². The lowest BCUT2D eigenvalue weighted by Gasteiger charge is -2.15. The predicted octanol–water partition coefficient (Wildman–Crippen LogP) is 3.17. The van der Waals surface area contributed by atoms with Gasteiger partial charge in [-0.05, 0) is 25.1 Å². The van der Waals surface area contributed by atoms with Crippen molar-refractivity contribution in [2.24, 2.45) is 0 Å². The normalized spacial score (nSPS) is 11.6. The van der Waals surface area contributed by atoms with Crippen molar-refractivity contribution in [2.45, 2.75) is 19.4 Å². The Labute approximate surface area is 98.2 Å². The Hall–Kier alpha value is -1.21. The summed E-state index contributed by atoms with van der Waals surface area (Å²) in [6.07, 6.45) is 0.468. The van der Waals surface area contributed by atoms with E-state index in [1.807, 2.05) is 25.1 Å². The number of halogens is 1. The van der Waals surface area contributed by atoms with Gasteiger partial charge in [-0.25, -0.2) is 0 Å². The molecule has 0 aromatic heterocycles. The minimum atomic E-state index is 0.109. The van der Waals surface area contributed by atoms with Crippen molar-refractivity contribution in [2.75, 3.05) is 12.4 Å². The fraction of sp³-hybridized carbons (Fsp3) is 0.364. The number of benzene rings is 1. The lowest BCUT2D eigenvalue weighted by Crippen LogP contribution is -2.14. The minimum absolute atomic E-state index is 0.109. The Morgan fingerprint density at radius 1 is 1.60 bits per heavy atom. The molecular formula is C11H13BrN2O. The maximum absolute atomic E-state index is 8.57. The van der Waals surface area contributed by atoms with E-state index in [1.165, 1.54) is 0 Å². The zero-order chi connectivity index (χ0) is 11.3. The van der Waals surface area contributed by atoms with E-state index in [2.05, 4.69) is 27.3 Å². The van der Waals surface area contributed by atoms with Crippen LogP contribution in [0.5, 0.6) is 5.75 Å². The number of hydrogen-bond acceptors (Lipinski definition) is 3. The molecule has 3 nitrogen and oxygen atoms in total. The van der Waals surface area contributed by atoms with Crippen LogP contribution in [-0.2, 0) is 0 Å². The summed E-state index contributed by atoms with van der Waals surface area (Å²) in [4.78, 5) is 0. The molecule has 15 heavy (non-hydrogen) atoms. The molecule has 0 saturated heterocycles. The van der Waals surface area contributed by atoms with Crippen LogP contribution in [0, 0.1) is 11.3 Å². The van der Waals surface area contributed by atoms with Crippen molar-refractivity contribution < 1.29 is 4.74 Å². The molecule has 1 rings (SSSR count). The molecule has 0 saturated carbocycles. The van der Waals surface area contributed by atoms with Crippen LogP contribution in [0.1, 0.15) is 13.3 Å². The molecule has 0 heterocycles. The number of anilines is 1. The molecule has 1 atom stereocenters. The Kier molecular flexibility index (Phi) is 4.44. The predicted molar refractivity (Wildman–Crippen MR) is 64.0 cm³/mol. The largest absolute Gasteiger partial charge is 0.495 e. The van der Waals surface area contributed by atoms with Crippen LogP contribution in [0.2, 0.25) is 0 Å². The third kappa shape index (κ3) is 3.45. The maximum atomic E-state index is 8.57. The van der Waals surface area contributed by atoms with Crippen molar-refractivity contribution in [3.63, 3.8) is 0 Å². The molecule has 0 bridgehead atoms. The second kappa shape index (κ2) is 5.62.